The Labute approximate surface area is 274 Å². The lowest BCUT2D eigenvalue weighted by atomic mass is 9.90. The minimum Gasteiger partial charge on any atom is -0.494 e. The van der Waals surface area contributed by atoms with Crippen molar-refractivity contribution in [3.8, 4) is 16.9 Å². The highest BCUT2D eigenvalue weighted by Crippen LogP contribution is 2.47. The molecule has 3 aromatic rings. The summed E-state index contributed by atoms with van der Waals surface area (Å²) in [4.78, 5) is 40.3. The fraction of sp³-hybridized carbons (Fsp3) is 0.417. The number of primary amides is 1. The van der Waals surface area contributed by atoms with Gasteiger partial charge in [0.1, 0.15) is 17.2 Å². The van der Waals surface area contributed by atoms with Gasteiger partial charge in [-0.25, -0.2) is 14.0 Å². The zero-order valence-corrected chi connectivity index (χ0v) is 26.7. The summed E-state index contributed by atoms with van der Waals surface area (Å²) in [5.41, 5.74) is 10.2. The molecule has 2 saturated heterocycles. The number of nitrogens with zero attached hydrogens (tertiary/aromatic N) is 2. The van der Waals surface area contributed by atoms with Crippen molar-refractivity contribution in [3.63, 3.8) is 0 Å². The number of urea groups is 1. The van der Waals surface area contributed by atoms with Gasteiger partial charge in [0.05, 0.1) is 13.2 Å². The van der Waals surface area contributed by atoms with Gasteiger partial charge >= 0.3 is 12.1 Å². The van der Waals surface area contributed by atoms with E-state index in [1.807, 2.05) is 19.1 Å². The van der Waals surface area contributed by atoms with Crippen LogP contribution >= 0.6 is 0 Å². The van der Waals surface area contributed by atoms with Gasteiger partial charge in [-0.2, -0.15) is 0 Å². The third kappa shape index (κ3) is 7.68. The van der Waals surface area contributed by atoms with Crippen LogP contribution in [-0.2, 0) is 11.3 Å². The molecule has 2 aliphatic heterocycles. The number of halogens is 1. The molecule has 3 fully saturated rings. The first-order valence-electron chi connectivity index (χ1n) is 16.4. The van der Waals surface area contributed by atoms with Crippen LogP contribution in [0.4, 0.5) is 19.7 Å². The Hall–Kier alpha value is -4.64. The number of piperidine rings is 1. The summed E-state index contributed by atoms with van der Waals surface area (Å²) in [5, 5.41) is 5.29. The molecular weight excluding hydrogens is 601 g/mol. The van der Waals surface area contributed by atoms with Gasteiger partial charge in [-0.15, -0.1) is 0 Å². The highest BCUT2D eigenvalue weighted by molar-refractivity contribution is 5.96. The van der Waals surface area contributed by atoms with Crippen molar-refractivity contribution in [2.45, 2.75) is 57.1 Å². The van der Waals surface area contributed by atoms with Crippen molar-refractivity contribution < 1.29 is 28.2 Å². The van der Waals surface area contributed by atoms with Crippen molar-refractivity contribution in [2.24, 2.45) is 5.73 Å². The van der Waals surface area contributed by atoms with Gasteiger partial charge in [0.15, 0.2) is 0 Å². The summed E-state index contributed by atoms with van der Waals surface area (Å²) in [5.74, 6) is 0.890. The molecule has 0 bridgehead atoms. The second-order valence-electron chi connectivity index (χ2n) is 12.6. The molecule has 0 atom stereocenters. The first kappa shape index (κ1) is 32.3. The minimum absolute atomic E-state index is 0.231. The number of likely N-dealkylation sites (tertiary alicyclic amines) is 1. The van der Waals surface area contributed by atoms with Gasteiger partial charge in [0.2, 0.25) is 0 Å². The van der Waals surface area contributed by atoms with Crippen molar-refractivity contribution >= 4 is 23.7 Å². The second kappa shape index (κ2) is 14.0. The number of anilines is 1. The molecule has 0 unspecified atom stereocenters. The molecule has 0 aromatic heterocycles. The molecular formula is C36H42FN5O5. The molecule has 248 valence electrons. The lowest BCUT2D eigenvalue weighted by Crippen LogP contribution is -2.46. The molecule has 11 heteroatoms. The van der Waals surface area contributed by atoms with Crippen molar-refractivity contribution in [2.75, 3.05) is 44.2 Å². The standard InChI is InChI=1S/C36H42FN5O5/c1-2-46-32-21-31(25-6-10-28(37)11-7-25)30(24-4-5-24)20-27(32)22-41-18-14-36(15-19-41)23-42(35(45)47-36)29-12-8-26(9-13-29)33(43)39-16-3-17-40-34(38)44/h6-13,20-21,24H,2-5,14-19,22-23H2,1H3,(H,39,43)(H3,38,40,44). The van der Waals surface area contributed by atoms with Crippen molar-refractivity contribution in [3.05, 3.63) is 83.2 Å². The molecule has 1 spiro atoms. The number of ether oxygens (including phenoxy) is 2. The van der Waals surface area contributed by atoms with Gasteiger partial charge in [-0.3, -0.25) is 14.6 Å². The molecule has 1 saturated carbocycles. The normalized spacial score (nSPS) is 17.4. The number of nitrogens with one attached hydrogen (secondary N) is 2. The number of hydrogen-bond acceptors (Lipinski definition) is 6. The maximum atomic E-state index is 13.7. The summed E-state index contributed by atoms with van der Waals surface area (Å²) in [6, 6.07) is 17.4. The highest BCUT2D eigenvalue weighted by atomic mass is 19.1. The lowest BCUT2D eigenvalue weighted by Gasteiger charge is -2.37. The Bertz CT molecular complexity index is 1600. The molecule has 3 aliphatic rings. The van der Waals surface area contributed by atoms with Crippen LogP contribution < -0.4 is 26.0 Å². The number of nitrogens with two attached hydrogens (primary N) is 1. The maximum Gasteiger partial charge on any atom is 0.415 e. The monoisotopic (exact) mass is 643 g/mol. The van der Waals surface area contributed by atoms with E-state index in [1.54, 1.807) is 29.2 Å². The molecule has 3 aromatic carbocycles. The van der Waals surface area contributed by atoms with Crippen LogP contribution in [0.15, 0.2) is 60.7 Å². The van der Waals surface area contributed by atoms with Crippen LogP contribution in [0.5, 0.6) is 5.75 Å². The highest BCUT2D eigenvalue weighted by Gasteiger charge is 2.47. The molecule has 1 aliphatic carbocycles. The van der Waals surface area contributed by atoms with Gasteiger partial charge in [0.25, 0.3) is 5.91 Å². The third-order valence-electron chi connectivity index (χ3n) is 9.22. The molecule has 2 heterocycles. The topological polar surface area (TPSA) is 126 Å². The Morgan fingerprint density at radius 2 is 1.72 bits per heavy atom. The van der Waals surface area contributed by atoms with Crippen LogP contribution in [0.2, 0.25) is 0 Å². The quantitative estimate of drug-likeness (QED) is 0.222. The van der Waals surface area contributed by atoms with E-state index in [0.717, 1.165) is 54.9 Å². The van der Waals surface area contributed by atoms with Crippen LogP contribution in [0.25, 0.3) is 11.1 Å². The van der Waals surface area contributed by atoms with Crippen LogP contribution in [0, 0.1) is 5.82 Å². The van der Waals surface area contributed by atoms with E-state index in [-0.39, 0.29) is 17.8 Å². The molecule has 47 heavy (non-hydrogen) atoms. The van der Waals surface area contributed by atoms with E-state index in [1.165, 1.54) is 17.7 Å². The molecule has 4 amide bonds. The Balaban J connectivity index is 1.07. The Kier molecular flexibility index (Phi) is 9.63. The van der Waals surface area contributed by atoms with Gasteiger partial charge < -0.3 is 25.8 Å². The van der Waals surface area contributed by atoms with Gasteiger partial charge in [-0.05, 0) is 97.3 Å². The number of benzene rings is 3. The van der Waals surface area contributed by atoms with E-state index in [0.29, 0.717) is 62.7 Å². The number of hydrogen-bond donors (Lipinski definition) is 3. The van der Waals surface area contributed by atoms with Crippen LogP contribution in [0.1, 0.15) is 66.4 Å². The van der Waals surface area contributed by atoms with Gasteiger partial charge in [-0.1, -0.05) is 12.1 Å². The SMILES string of the molecule is CCOc1cc(-c2ccc(F)cc2)c(C2CC2)cc1CN1CCC2(CC1)CN(c1ccc(C(=O)NCCCNC(N)=O)cc1)C(=O)O2. The first-order chi connectivity index (χ1) is 22.7. The second-order valence-corrected chi connectivity index (χ2v) is 12.6. The number of carbonyl (C=O) groups excluding carboxylic acids is 3. The van der Waals surface area contributed by atoms with E-state index in [9.17, 15) is 18.8 Å². The third-order valence-corrected chi connectivity index (χ3v) is 9.22. The Morgan fingerprint density at radius 3 is 2.38 bits per heavy atom. The summed E-state index contributed by atoms with van der Waals surface area (Å²) < 4.78 is 25.8. The minimum atomic E-state index is -0.593. The molecule has 0 radical (unpaired) electrons. The first-order valence-corrected chi connectivity index (χ1v) is 16.4. The fourth-order valence-electron chi connectivity index (χ4n) is 6.51. The molecule has 10 nitrogen and oxygen atoms in total. The van der Waals surface area contributed by atoms with Gasteiger partial charge in [0, 0.05) is 62.4 Å². The summed E-state index contributed by atoms with van der Waals surface area (Å²) in [6.07, 6.45) is 3.93. The van der Waals surface area contributed by atoms with Crippen LogP contribution in [-0.4, -0.2) is 67.9 Å². The molecule has 4 N–H and O–H groups in total. The predicted octanol–water partition coefficient (Wildman–Crippen LogP) is 5.55. The lowest BCUT2D eigenvalue weighted by molar-refractivity contribution is -0.00112. The average molecular weight is 644 g/mol. The Morgan fingerprint density at radius 1 is 1.02 bits per heavy atom. The van der Waals surface area contributed by atoms with Crippen LogP contribution in [0.3, 0.4) is 0 Å². The zero-order valence-electron chi connectivity index (χ0n) is 26.7. The number of rotatable bonds is 12. The maximum absolute atomic E-state index is 13.7. The van der Waals surface area contributed by atoms with Crippen molar-refractivity contribution in [1.82, 2.24) is 15.5 Å². The summed E-state index contributed by atoms with van der Waals surface area (Å²) in [6.45, 7) is 6.06. The molecule has 6 rings (SSSR count). The smallest absolute Gasteiger partial charge is 0.415 e. The summed E-state index contributed by atoms with van der Waals surface area (Å²) >= 11 is 0. The fourth-order valence-corrected chi connectivity index (χ4v) is 6.51. The summed E-state index contributed by atoms with van der Waals surface area (Å²) in [7, 11) is 0. The largest absolute Gasteiger partial charge is 0.494 e. The number of amides is 4. The van der Waals surface area contributed by atoms with Crippen molar-refractivity contribution in [1.29, 1.82) is 0 Å². The average Bonchev–Trinajstić information content (AvgIpc) is 3.86. The van der Waals surface area contributed by atoms with E-state index >= 15 is 0 Å². The van der Waals surface area contributed by atoms with E-state index < -0.39 is 11.6 Å². The zero-order chi connectivity index (χ0) is 33.0. The van der Waals surface area contributed by atoms with E-state index in [2.05, 4.69) is 27.7 Å². The number of carbonyl (C=O) groups is 3. The van der Waals surface area contributed by atoms with E-state index in [4.69, 9.17) is 15.2 Å². The predicted molar refractivity (Wildman–Crippen MR) is 177 cm³/mol.